The lowest BCUT2D eigenvalue weighted by Crippen LogP contribution is -2.33. The quantitative estimate of drug-likeness (QED) is 0.630. The van der Waals surface area contributed by atoms with Gasteiger partial charge in [0.05, 0.1) is 0 Å². The first kappa shape index (κ1) is 9.30. The van der Waals surface area contributed by atoms with Gasteiger partial charge >= 0.3 is 0 Å². The van der Waals surface area contributed by atoms with E-state index in [1.807, 2.05) is 0 Å². The van der Waals surface area contributed by atoms with Crippen LogP contribution in [0.3, 0.4) is 0 Å². The van der Waals surface area contributed by atoms with Crippen molar-refractivity contribution in [3.63, 3.8) is 0 Å². The summed E-state index contributed by atoms with van der Waals surface area (Å²) in [7, 11) is 0. The third-order valence-electron chi connectivity index (χ3n) is 3.37. The summed E-state index contributed by atoms with van der Waals surface area (Å²) in [5, 5.41) is 9.10. The van der Waals surface area contributed by atoms with Crippen molar-refractivity contribution in [1.82, 2.24) is 0 Å². The molecule has 2 bridgehead atoms. The maximum atomic E-state index is 9.10. The summed E-state index contributed by atoms with van der Waals surface area (Å²) in [6.45, 7) is 0.353. The molecule has 3 N–H and O–H groups in total. The fourth-order valence-electron chi connectivity index (χ4n) is 2.59. The van der Waals surface area contributed by atoms with Crippen LogP contribution in [0.1, 0.15) is 32.1 Å². The molecular formula is C8H16ClNO. The summed E-state index contributed by atoms with van der Waals surface area (Å²) in [6, 6.07) is 0. The zero-order valence-corrected chi connectivity index (χ0v) is 7.49. The van der Waals surface area contributed by atoms with Crippen LogP contribution in [0, 0.1) is 5.41 Å². The number of fused-ring (bicyclic) bond motifs is 2. The molecule has 2 aliphatic carbocycles. The standard InChI is InChI=1S/C8H15NO.ClH/c9-8-3-1-7(5-8,6-10)2-4-8;/h10H,1-6,9H2;1H. The van der Waals surface area contributed by atoms with E-state index in [-0.39, 0.29) is 23.4 Å². The second-order valence-electron chi connectivity index (χ2n) is 4.20. The summed E-state index contributed by atoms with van der Waals surface area (Å²) in [5.41, 5.74) is 6.41. The molecule has 0 saturated heterocycles. The van der Waals surface area contributed by atoms with Gasteiger partial charge in [0.25, 0.3) is 0 Å². The summed E-state index contributed by atoms with van der Waals surface area (Å²) in [4.78, 5) is 0. The largest absolute Gasteiger partial charge is 0.396 e. The maximum absolute atomic E-state index is 9.10. The Labute approximate surface area is 73.6 Å². The first-order chi connectivity index (χ1) is 4.68. The maximum Gasteiger partial charge on any atom is 0.0488 e. The van der Waals surface area contributed by atoms with Crippen molar-refractivity contribution in [2.75, 3.05) is 6.61 Å². The number of nitrogens with two attached hydrogens (primary N) is 1. The van der Waals surface area contributed by atoms with Crippen LogP contribution in [0.4, 0.5) is 0 Å². The minimum absolute atomic E-state index is 0. The monoisotopic (exact) mass is 177 g/mol. The third kappa shape index (κ3) is 1.28. The van der Waals surface area contributed by atoms with Crippen molar-refractivity contribution >= 4 is 12.4 Å². The van der Waals surface area contributed by atoms with E-state index < -0.39 is 0 Å². The Morgan fingerprint density at radius 2 is 1.73 bits per heavy atom. The molecule has 0 heterocycles. The Kier molecular flexibility index (Phi) is 2.21. The van der Waals surface area contributed by atoms with Crippen LogP contribution >= 0.6 is 12.4 Å². The van der Waals surface area contributed by atoms with E-state index in [0.29, 0.717) is 6.61 Å². The highest BCUT2D eigenvalue weighted by Crippen LogP contribution is 2.54. The van der Waals surface area contributed by atoms with Crippen LogP contribution < -0.4 is 5.73 Å². The van der Waals surface area contributed by atoms with Gasteiger partial charge in [-0.3, -0.25) is 0 Å². The number of hydrogen-bond acceptors (Lipinski definition) is 2. The second-order valence-corrected chi connectivity index (χ2v) is 4.20. The Bertz CT molecular complexity index is 152. The Hall–Kier alpha value is 0.210. The molecule has 0 spiro atoms. The molecule has 0 unspecified atom stereocenters. The number of aliphatic hydroxyl groups excluding tert-OH is 1. The van der Waals surface area contributed by atoms with E-state index in [9.17, 15) is 0 Å². The van der Waals surface area contributed by atoms with Gasteiger partial charge in [0, 0.05) is 12.1 Å². The topological polar surface area (TPSA) is 46.2 Å². The highest BCUT2D eigenvalue weighted by atomic mass is 35.5. The summed E-state index contributed by atoms with van der Waals surface area (Å²) < 4.78 is 0. The van der Waals surface area contributed by atoms with Crippen LogP contribution in [0.2, 0.25) is 0 Å². The first-order valence-electron chi connectivity index (χ1n) is 4.08. The molecule has 0 aliphatic heterocycles. The lowest BCUT2D eigenvalue weighted by molar-refractivity contribution is 0.133. The van der Waals surface area contributed by atoms with Crippen molar-refractivity contribution in [2.24, 2.45) is 11.1 Å². The summed E-state index contributed by atoms with van der Waals surface area (Å²) in [6.07, 6.45) is 5.64. The molecule has 0 radical (unpaired) electrons. The van der Waals surface area contributed by atoms with Gasteiger partial charge in [-0.15, -0.1) is 12.4 Å². The molecule has 2 saturated carbocycles. The van der Waals surface area contributed by atoms with E-state index in [1.54, 1.807) is 0 Å². The zero-order chi connectivity index (χ0) is 7.24. The fourth-order valence-corrected chi connectivity index (χ4v) is 2.59. The lowest BCUT2D eigenvalue weighted by Gasteiger charge is -2.23. The van der Waals surface area contributed by atoms with Gasteiger partial charge in [0.2, 0.25) is 0 Å². The molecule has 0 atom stereocenters. The number of rotatable bonds is 1. The van der Waals surface area contributed by atoms with Crippen molar-refractivity contribution < 1.29 is 5.11 Å². The normalized spacial score (nSPS) is 47.5. The third-order valence-corrected chi connectivity index (χ3v) is 3.37. The Morgan fingerprint density at radius 1 is 1.18 bits per heavy atom. The Morgan fingerprint density at radius 3 is 1.91 bits per heavy atom. The van der Waals surface area contributed by atoms with Crippen molar-refractivity contribution in [1.29, 1.82) is 0 Å². The van der Waals surface area contributed by atoms with Gasteiger partial charge in [-0.25, -0.2) is 0 Å². The average molecular weight is 178 g/mol. The van der Waals surface area contributed by atoms with Crippen LogP contribution in [0.25, 0.3) is 0 Å². The predicted octanol–water partition coefficient (Wildman–Crippen LogP) is 1.06. The van der Waals surface area contributed by atoms with Crippen LogP contribution in [0.5, 0.6) is 0 Å². The molecule has 2 nitrogen and oxygen atoms in total. The van der Waals surface area contributed by atoms with Gasteiger partial charge in [0.1, 0.15) is 0 Å². The second kappa shape index (κ2) is 2.61. The molecule has 66 valence electrons. The molecule has 2 fully saturated rings. The van der Waals surface area contributed by atoms with Gasteiger partial charge in [-0.05, 0) is 37.5 Å². The van der Waals surface area contributed by atoms with Gasteiger partial charge in [-0.2, -0.15) is 0 Å². The molecule has 2 rings (SSSR count). The van der Waals surface area contributed by atoms with Crippen molar-refractivity contribution in [3.8, 4) is 0 Å². The van der Waals surface area contributed by atoms with Crippen LogP contribution in [-0.2, 0) is 0 Å². The van der Waals surface area contributed by atoms with Crippen molar-refractivity contribution in [3.05, 3.63) is 0 Å². The van der Waals surface area contributed by atoms with Gasteiger partial charge < -0.3 is 10.8 Å². The van der Waals surface area contributed by atoms with Crippen LogP contribution in [0.15, 0.2) is 0 Å². The van der Waals surface area contributed by atoms with Gasteiger partial charge in [-0.1, -0.05) is 0 Å². The molecule has 0 aromatic rings. The molecular weight excluding hydrogens is 162 g/mol. The first-order valence-corrected chi connectivity index (χ1v) is 4.08. The SMILES string of the molecule is Cl.NC12CCC(CO)(CC1)C2. The molecule has 0 aromatic carbocycles. The Balaban J connectivity index is 0.000000605. The highest BCUT2D eigenvalue weighted by molar-refractivity contribution is 5.85. The zero-order valence-electron chi connectivity index (χ0n) is 6.68. The smallest absolute Gasteiger partial charge is 0.0488 e. The van der Waals surface area contributed by atoms with E-state index in [0.717, 1.165) is 32.1 Å². The minimum atomic E-state index is 0. The van der Waals surface area contributed by atoms with E-state index in [4.69, 9.17) is 10.8 Å². The predicted molar refractivity (Wildman–Crippen MR) is 46.8 cm³/mol. The fraction of sp³-hybridized carbons (Fsp3) is 1.00. The summed E-state index contributed by atoms with van der Waals surface area (Å²) >= 11 is 0. The highest BCUT2D eigenvalue weighted by Gasteiger charge is 2.51. The molecule has 0 amide bonds. The van der Waals surface area contributed by atoms with Gasteiger partial charge in [0.15, 0.2) is 0 Å². The number of halogens is 1. The lowest BCUT2D eigenvalue weighted by atomic mass is 9.85. The van der Waals surface area contributed by atoms with E-state index >= 15 is 0 Å². The van der Waals surface area contributed by atoms with Crippen molar-refractivity contribution in [2.45, 2.75) is 37.6 Å². The summed E-state index contributed by atoms with van der Waals surface area (Å²) in [5.74, 6) is 0. The molecule has 2 aliphatic rings. The van der Waals surface area contributed by atoms with E-state index in [2.05, 4.69) is 0 Å². The number of aliphatic hydroxyl groups is 1. The number of hydrogen-bond donors (Lipinski definition) is 2. The minimum Gasteiger partial charge on any atom is -0.396 e. The molecule has 0 aromatic heterocycles. The molecule has 3 heteroatoms. The van der Waals surface area contributed by atoms with E-state index in [1.165, 1.54) is 0 Å². The molecule has 11 heavy (non-hydrogen) atoms. The van der Waals surface area contributed by atoms with Crippen LogP contribution in [-0.4, -0.2) is 17.3 Å². The average Bonchev–Trinajstić information content (AvgIpc) is 2.42.